The number of benzene rings is 1. The highest BCUT2D eigenvalue weighted by atomic mass is 19.2. The highest BCUT2D eigenvalue weighted by molar-refractivity contribution is 6.08. The molecule has 84 valence electrons. The summed E-state index contributed by atoms with van der Waals surface area (Å²) in [5.41, 5.74) is 4.15. The zero-order chi connectivity index (χ0) is 12.3. The summed E-state index contributed by atoms with van der Waals surface area (Å²) in [6.45, 7) is 0. The third-order valence-electron chi connectivity index (χ3n) is 1.74. The molecule has 0 unspecified atom stereocenters. The third kappa shape index (κ3) is 2.63. The van der Waals surface area contributed by atoms with Gasteiger partial charge in [0.1, 0.15) is 5.70 Å². The van der Waals surface area contributed by atoms with E-state index in [1.165, 1.54) is 0 Å². The van der Waals surface area contributed by atoms with E-state index < -0.39 is 29.1 Å². The lowest BCUT2D eigenvalue weighted by molar-refractivity contribution is -0.132. The minimum Gasteiger partial charge on any atom is -0.477 e. The van der Waals surface area contributed by atoms with Gasteiger partial charge in [-0.05, 0) is 18.2 Å². The van der Waals surface area contributed by atoms with E-state index in [4.69, 9.17) is 10.8 Å². The van der Waals surface area contributed by atoms with Crippen molar-refractivity contribution in [2.75, 3.05) is 0 Å². The van der Waals surface area contributed by atoms with Crippen molar-refractivity contribution in [1.82, 2.24) is 0 Å². The maximum atomic E-state index is 12.7. The summed E-state index contributed by atoms with van der Waals surface area (Å²) in [6.07, 6.45) is 0.634. The first-order valence-corrected chi connectivity index (χ1v) is 4.11. The molecule has 0 amide bonds. The van der Waals surface area contributed by atoms with Crippen LogP contribution in [0.1, 0.15) is 10.4 Å². The standard InChI is InChI=1S/C10H7F2NO3/c11-6-2-1-5(3-7(6)12)9(14)4-8(13)10(15)16/h1-4H,13H2,(H,15,16)/b8-4+. The van der Waals surface area contributed by atoms with E-state index >= 15 is 0 Å². The molecular formula is C10H7F2NO3. The molecule has 0 aliphatic carbocycles. The summed E-state index contributed by atoms with van der Waals surface area (Å²) in [6, 6.07) is 2.48. The highest BCUT2D eigenvalue weighted by Crippen LogP contribution is 2.10. The minimum atomic E-state index is -1.46. The summed E-state index contributed by atoms with van der Waals surface area (Å²) >= 11 is 0. The minimum absolute atomic E-state index is 0.178. The maximum absolute atomic E-state index is 12.7. The van der Waals surface area contributed by atoms with Crippen LogP contribution in [-0.4, -0.2) is 16.9 Å². The Hall–Kier alpha value is -2.24. The molecule has 0 saturated carbocycles. The Morgan fingerprint density at radius 2 is 1.88 bits per heavy atom. The van der Waals surface area contributed by atoms with Crippen molar-refractivity contribution in [1.29, 1.82) is 0 Å². The molecule has 0 spiro atoms. The quantitative estimate of drug-likeness (QED) is 0.598. The van der Waals surface area contributed by atoms with Crippen LogP contribution in [0.25, 0.3) is 0 Å². The number of ketones is 1. The number of allylic oxidation sites excluding steroid dienone is 1. The number of hydrogen-bond acceptors (Lipinski definition) is 3. The molecule has 6 heteroatoms. The molecule has 0 aromatic heterocycles. The van der Waals surface area contributed by atoms with E-state index in [0.717, 1.165) is 12.1 Å². The van der Waals surface area contributed by atoms with Crippen molar-refractivity contribution in [3.8, 4) is 0 Å². The Labute approximate surface area is 89.0 Å². The molecule has 1 rings (SSSR count). The molecular weight excluding hydrogens is 220 g/mol. The highest BCUT2D eigenvalue weighted by Gasteiger charge is 2.10. The van der Waals surface area contributed by atoms with Gasteiger partial charge < -0.3 is 10.8 Å². The molecule has 0 atom stereocenters. The van der Waals surface area contributed by atoms with Gasteiger partial charge in [0.25, 0.3) is 0 Å². The van der Waals surface area contributed by atoms with Gasteiger partial charge >= 0.3 is 5.97 Å². The normalized spacial score (nSPS) is 11.2. The lowest BCUT2D eigenvalue weighted by atomic mass is 10.1. The van der Waals surface area contributed by atoms with Crippen LogP contribution in [0.2, 0.25) is 0 Å². The van der Waals surface area contributed by atoms with E-state index in [0.29, 0.717) is 12.1 Å². The number of carboxylic acids is 1. The van der Waals surface area contributed by atoms with Crippen molar-refractivity contribution in [3.05, 3.63) is 47.2 Å². The number of carbonyl (C=O) groups excluding carboxylic acids is 1. The molecule has 0 fully saturated rings. The number of halogens is 2. The monoisotopic (exact) mass is 227 g/mol. The average Bonchev–Trinajstić information content (AvgIpc) is 2.21. The van der Waals surface area contributed by atoms with Crippen LogP contribution >= 0.6 is 0 Å². The SMILES string of the molecule is N/C(=C/C(=O)c1ccc(F)c(F)c1)C(=O)O. The van der Waals surface area contributed by atoms with Crippen LogP contribution < -0.4 is 5.73 Å². The van der Waals surface area contributed by atoms with Gasteiger partial charge in [0, 0.05) is 11.6 Å². The molecule has 1 aromatic rings. The summed E-state index contributed by atoms with van der Waals surface area (Å²) in [7, 11) is 0. The van der Waals surface area contributed by atoms with Crippen LogP contribution in [0.3, 0.4) is 0 Å². The molecule has 0 aliphatic rings. The fourth-order valence-corrected chi connectivity index (χ4v) is 0.936. The maximum Gasteiger partial charge on any atom is 0.351 e. The summed E-state index contributed by atoms with van der Waals surface area (Å²) in [5.74, 6) is -4.55. The van der Waals surface area contributed by atoms with Crippen LogP contribution in [0.5, 0.6) is 0 Å². The number of nitrogens with two attached hydrogens (primary N) is 1. The molecule has 0 aliphatic heterocycles. The Kier molecular flexibility index (Phi) is 3.34. The lowest BCUT2D eigenvalue weighted by Crippen LogP contribution is -2.12. The van der Waals surface area contributed by atoms with Gasteiger partial charge in [-0.15, -0.1) is 0 Å². The van der Waals surface area contributed by atoms with Gasteiger partial charge in [-0.1, -0.05) is 0 Å². The second-order valence-corrected chi connectivity index (χ2v) is 2.90. The molecule has 0 heterocycles. The second-order valence-electron chi connectivity index (χ2n) is 2.90. The number of carbonyl (C=O) groups is 2. The first-order valence-electron chi connectivity index (χ1n) is 4.11. The molecule has 0 radical (unpaired) electrons. The third-order valence-corrected chi connectivity index (χ3v) is 1.74. The Morgan fingerprint density at radius 3 is 2.38 bits per heavy atom. The van der Waals surface area contributed by atoms with Crippen LogP contribution in [-0.2, 0) is 4.79 Å². The van der Waals surface area contributed by atoms with Crippen molar-refractivity contribution < 1.29 is 23.5 Å². The van der Waals surface area contributed by atoms with E-state index in [9.17, 15) is 18.4 Å². The van der Waals surface area contributed by atoms with Gasteiger partial charge in [-0.3, -0.25) is 4.79 Å². The molecule has 16 heavy (non-hydrogen) atoms. The van der Waals surface area contributed by atoms with E-state index in [-0.39, 0.29) is 5.56 Å². The molecule has 4 nitrogen and oxygen atoms in total. The Morgan fingerprint density at radius 1 is 1.25 bits per heavy atom. The topological polar surface area (TPSA) is 80.4 Å². The largest absolute Gasteiger partial charge is 0.477 e. The first-order chi connectivity index (χ1) is 7.41. The predicted octanol–water partition coefficient (Wildman–Crippen LogP) is 1.07. The number of aliphatic carboxylic acids is 1. The van der Waals surface area contributed by atoms with Crippen molar-refractivity contribution in [2.45, 2.75) is 0 Å². The molecule has 0 saturated heterocycles. The number of carboxylic acid groups (broad SMARTS) is 1. The van der Waals surface area contributed by atoms with Gasteiger partial charge in [0.15, 0.2) is 17.4 Å². The summed E-state index contributed by atoms with van der Waals surface area (Å²) in [5, 5.41) is 8.40. The fraction of sp³-hybridized carbons (Fsp3) is 0. The van der Waals surface area contributed by atoms with Gasteiger partial charge in [-0.25, -0.2) is 13.6 Å². The molecule has 0 bridgehead atoms. The number of hydrogen-bond donors (Lipinski definition) is 2. The number of rotatable bonds is 3. The average molecular weight is 227 g/mol. The van der Waals surface area contributed by atoms with Crippen molar-refractivity contribution in [3.63, 3.8) is 0 Å². The zero-order valence-corrected chi connectivity index (χ0v) is 7.91. The van der Waals surface area contributed by atoms with Crippen molar-refractivity contribution in [2.24, 2.45) is 5.73 Å². The molecule has 1 aromatic carbocycles. The summed E-state index contributed by atoms with van der Waals surface area (Å²) < 4.78 is 25.3. The Balaban J connectivity index is 3.02. The zero-order valence-electron chi connectivity index (χ0n) is 7.91. The van der Waals surface area contributed by atoms with E-state index in [1.807, 2.05) is 0 Å². The Bertz CT molecular complexity index is 483. The fourth-order valence-electron chi connectivity index (χ4n) is 0.936. The second kappa shape index (κ2) is 4.52. The smallest absolute Gasteiger partial charge is 0.351 e. The lowest BCUT2D eigenvalue weighted by Gasteiger charge is -1.98. The van der Waals surface area contributed by atoms with Gasteiger partial charge in [0.05, 0.1) is 0 Å². The van der Waals surface area contributed by atoms with E-state index in [1.54, 1.807) is 0 Å². The molecule has 3 N–H and O–H groups in total. The first kappa shape index (κ1) is 11.8. The van der Waals surface area contributed by atoms with E-state index in [2.05, 4.69) is 0 Å². The van der Waals surface area contributed by atoms with Gasteiger partial charge in [-0.2, -0.15) is 0 Å². The van der Waals surface area contributed by atoms with Crippen LogP contribution in [0.4, 0.5) is 8.78 Å². The van der Waals surface area contributed by atoms with Crippen LogP contribution in [0, 0.1) is 11.6 Å². The predicted molar refractivity (Wildman–Crippen MR) is 50.6 cm³/mol. The van der Waals surface area contributed by atoms with Crippen LogP contribution in [0.15, 0.2) is 30.0 Å². The van der Waals surface area contributed by atoms with Gasteiger partial charge in [0.2, 0.25) is 0 Å². The summed E-state index contributed by atoms with van der Waals surface area (Å²) in [4.78, 5) is 21.6. The van der Waals surface area contributed by atoms with Crippen molar-refractivity contribution >= 4 is 11.8 Å².